The molecule has 3 aromatic carbocycles. The highest BCUT2D eigenvalue weighted by atomic mass is 79.9. The Labute approximate surface area is 287 Å². The van der Waals surface area contributed by atoms with E-state index in [1.165, 1.54) is 21.6 Å². The first-order valence-electron chi connectivity index (χ1n) is 14.1. The zero-order valence-corrected chi connectivity index (χ0v) is 31.1. The molecule has 1 N–H and O–H groups in total. The number of aliphatic hydroxyl groups excluding tert-OH is 1. The summed E-state index contributed by atoms with van der Waals surface area (Å²) in [4.78, 5) is 28.9. The Bertz CT molecular complexity index is 1520. The lowest BCUT2D eigenvalue weighted by atomic mass is 9.90. The first-order chi connectivity index (χ1) is 20.3. The number of carbonyl (C=O) groups excluding carboxylic acids is 2. The number of ether oxygens (including phenoxy) is 1. The van der Waals surface area contributed by atoms with Gasteiger partial charge in [0.05, 0.1) is 6.61 Å². The summed E-state index contributed by atoms with van der Waals surface area (Å²) >= 11 is 14.8. The van der Waals surface area contributed by atoms with E-state index in [-0.39, 0.29) is 19.1 Å². The lowest BCUT2D eigenvalue weighted by Gasteiger charge is -2.35. The summed E-state index contributed by atoms with van der Waals surface area (Å²) in [7, 11) is 0. The van der Waals surface area contributed by atoms with Crippen LogP contribution in [0.3, 0.4) is 0 Å². The zero-order chi connectivity index (χ0) is 31.5. The van der Waals surface area contributed by atoms with Crippen LogP contribution < -0.4 is 0 Å². The lowest BCUT2D eigenvalue weighted by Crippen LogP contribution is -2.52. The highest BCUT2D eigenvalue weighted by molar-refractivity contribution is 9.11. The molecule has 0 spiro atoms. The SMILES string of the molecule is Cc1cc(Br)cc(Cc2cc(Br)cc(Cc3cc(Br)ccc3CN3CCN(C(=O)OC(C)(C)C)CC3=O)c2CBr)c1CO. The Morgan fingerprint density at radius 1 is 0.860 bits per heavy atom. The second kappa shape index (κ2) is 14.6. The van der Waals surface area contributed by atoms with Gasteiger partial charge in [0.1, 0.15) is 12.1 Å². The average molecular weight is 844 g/mol. The molecule has 2 amide bonds. The minimum Gasteiger partial charge on any atom is -0.444 e. The zero-order valence-electron chi connectivity index (χ0n) is 24.8. The largest absolute Gasteiger partial charge is 0.444 e. The molecule has 0 aromatic heterocycles. The summed E-state index contributed by atoms with van der Waals surface area (Å²) in [5.74, 6) is -0.0964. The normalized spacial score (nSPS) is 13.9. The van der Waals surface area contributed by atoms with E-state index in [1.807, 2.05) is 44.7 Å². The van der Waals surface area contributed by atoms with Crippen molar-refractivity contribution in [1.82, 2.24) is 9.80 Å². The molecule has 1 aliphatic heterocycles. The van der Waals surface area contributed by atoms with Crippen molar-refractivity contribution in [2.45, 2.75) is 64.6 Å². The number of nitrogens with zero attached hydrogens (tertiary/aromatic N) is 2. The molecule has 0 atom stereocenters. The Hall–Kier alpha value is -1.72. The van der Waals surface area contributed by atoms with Gasteiger partial charge in [-0.25, -0.2) is 4.79 Å². The standard InChI is InChI=1S/C33H36Br4N2O4/c1-20-9-27(36)15-25(30(20)19-40)11-24-14-28(37)13-23(29(24)16-34)10-22-12-26(35)6-5-21(22)17-38-7-8-39(18-31(38)41)32(42)43-33(2,3)4/h5-6,9,12-15,40H,7-8,10-11,16-19H2,1-4H3. The van der Waals surface area contributed by atoms with E-state index < -0.39 is 11.7 Å². The Kier molecular flexibility index (Phi) is 11.6. The van der Waals surface area contributed by atoms with Gasteiger partial charge in [0, 0.05) is 38.4 Å². The second-order valence-electron chi connectivity index (χ2n) is 11.8. The molecule has 0 bridgehead atoms. The van der Waals surface area contributed by atoms with Gasteiger partial charge in [0.25, 0.3) is 0 Å². The topological polar surface area (TPSA) is 70.1 Å². The molecule has 230 valence electrons. The molecular weight excluding hydrogens is 808 g/mol. The summed E-state index contributed by atoms with van der Waals surface area (Å²) in [6.45, 7) is 8.82. The minimum absolute atomic E-state index is 0.00834. The summed E-state index contributed by atoms with van der Waals surface area (Å²) < 4.78 is 8.43. The predicted octanol–water partition coefficient (Wildman–Crippen LogP) is 8.43. The molecule has 0 unspecified atom stereocenters. The maximum Gasteiger partial charge on any atom is 0.410 e. The lowest BCUT2D eigenvalue weighted by molar-refractivity contribution is -0.136. The highest BCUT2D eigenvalue weighted by Crippen LogP contribution is 2.32. The predicted molar refractivity (Wildman–Crippen MR) is 185 cm³/mol. The number of amides is 2. The molecule has 0 radical (unpaired) electrons. The number of aliphatic hydroxyl groups is 1. The fraction of sp³-hybridized carbons (Fsp3) is 0.394. The Balaban J connectivity index is 1.59. The van der Waals surface area contributed by atoms with E-state index in [9.17, 15) is 14.7 Å². The van der Waals surface area contributed by atoms with Crippen molar-refractivity contribution in [3.8, 4) is 0 Å². The number of hydrogen-bond donors (Lipinski definition) is 1. The van der Waals surface area contributed by atoms with Gasteiger partial charge in [-0.05, 0) is 121 Å². The van der Waals surface area contributed by atoms with Gasteiger partial charge in [-0.15, -0.1) is 0 Å². The highest BCUT2D eigenvalue weighted by Gasteiger charge is 2.30. The maximum absolute atomic E-state index is 13.1. The fourth-order valence-corrected chi connectivity index (χ4v) is 7.66. The summed E-state index contributed by atoms with van der Waals surface area (Å²) in [6.07, 6.45) is 0.908. The summed E-state index contributed by atoms with van der Waals surface area (Å²) in [6, 6.07) is 14.6. The number of alkyl halides is 1. The Morgan fingerprint density at radius 3 is 2.02 bits per heavy atom. The number of piperazine rings is 1. The number of benzene rings is 3. The van der Waals surface area contributed by atoms with Gasteiger partial charge in [-0.3, -0.25) is 9.69 Å². The van der Waals surface area contributed by atoms with Gasteiger partial charge in [-0.1, -0.05) is 69.8 Å². The third-order valence-electron chi connectivity index (χ3n) is 7.48. The van der Waals surface area contributed by atoms with Crippen molar-refractivity contribution in [2.75, 3.05) is 19.6 Å². The van der Waals surface area contributed by atoms with Crippen molar-refractivity contribution in [3.05, 3.63) is 100 Å². The molecule has 0 aliphatic carbocycles. The number of aryl methyl sites for hydroxylation is 1. The van der Waals surface area contributed by atoms with Crippen LogP contribution in [0, 0.1) is 6.92 Å². The van der Waals surface area contributed by atoms with Crippen molar-refractivity contribution in [2.24, 2.45) is 0 Å². The second-order valence-corrected chi connectivity index (χ2v) is 15.1. The quantitative estimate of drug-likeness (QED) is 0.232. The van der Waals surface area contributed by atoms with E-state index in [2.05, 4.69) is 94.1 Å². The number of hydrogen-bond acceptors (Lipinski definition) is 4. The number of carbonyl (C=O) groups is 2. The van der Waals surface area contributed by atoms with Crippen molar-refractivity contribution < 1.29 is 19.4 Å². The molecule has 6 nitrogen and oxygen atoms in total. The maximum atomic E-state index is 13.1. The molecule has 1 saturated heterocycles. The number of halogens is 4. The fourth-order valence-electron chi connectivity index (χ4n) is 5.36. The van der Waals surface area contributed by atoms with Crippen LogP contribution in [0.15, 0.2) is 55.9 Å². The van der Waals surface area contributed by atoms with E-state index in [0.717, 1.165) is 41.2 Å². The van der Waals surface area contributed by atoms with Gasteiger partial charge in [0.2, 0.25) is 5.91 Å². The monoisotopic (exact) mass is 840 g/mol. The van der Waals surface area contributed by atoms with Crippen LogP contribution in [-0.4, -0.2) is 52.1 Å². The molecule has 43 heavy (non-hydrogen) atoms. The third kappa shape index (κ3) is 8.93. The summed E-state index contributed by atoms with van der Waals surface area (Å²) in [5.41, 5.74) is 8.25. The molecule has 1 aliphatic rings. The Morgan fingerprint density at radius 2 is 1.44 bits per heavy atom. The van der Waals surface area contributed by atoms with Crippen molar-refractivity contribution in [1.29, 1.82) is 0 Å². The molecule has 10 heteroatoms. The molecule has 4 rings (SSSR count). The van der Waals surface area contributed by atoms with Crippen LogP contribution in [0.1, 0.15) is 65.3 Å². The molecule has 1 heterocycles. The summed E-state index contributed by atoms with van der Waals surface area (Å²) in [5, 5.41) is 10.8. The van der Waals surface area contributed by atoms with Gasteiger partial charge < -0.3 is 14.7 Å². The molecule has 1 fully saturated rings. The van der Waals surface area contributed by atoms with Gasteiger partial charge in [-0.2, -0.15) is 0 Å². The molecular formula is C33H36Br4N2O4. The van der Waals surface area contributed by atoms with Crippen LogP contribution in [-0.2, 0) is 40.9 Å². The first-order valence-corrected chi connectivity index (χ1v) is 17.6. The van der Waals surface area contributed by atoms with Gasteiger partial charge >= 0.3 is 6.09 Å². The van der Waals surface area contributed by atoms with E-state index in [0.29, 0.717) is 37.8 Å². The van der Waals surface area contributed by atoms with Gasteiger partial charge in [0.15, 0.2) is 0 Å². The van der Waals surface area contributed by atoms with Crippen LogP contribution in [0.25, 0.3) is 0 Å². The van der Waals surface area contributed by atoms with E-state index >= 15 is 0 Å². The van der Waals surface area contributed by atoms with Crippen molar-refractivity contribution in [3.63, 3.8) is 0 Å². The number of rotatable bonds is 8. The van der Waals surface area contributed by atoms with E-state index in [1.54, 1.807) is 0 Å². The first kappa shape index (κ1) is 34.2. The smallest absolute Gasteiger partial charge is 0.410 e. The minimum atomic E-state index is -0.609. The average Bonchev–Trinajstić information content (AvgIpc) is 2.90. The molecule has 0 saturated carbocycles. The van der Waals surface area contributed by atoms with Crippen LogP contribution in [0.4, 0.5) is 4.79 Å². The van der Waals surface area contributed by atoms with Crippen molar-refractivity contribution >= 4 is 75.7 Å². The van der Waals surface area contributed by atoms with Crippen LogP contribution in [0.2, 0.25) is 0 Å². The van der Waals surface area contributed by atoms with Crippen LogP contribution in [0.5, 0.6) is 0 Å². The van der Waals surface area contributed by atoms with E-state index in [4.69, 9.17) is 4.74 Å². The molecule has 3 aromatic rings. The van der Waals surface area contributed by atoms with Crippen LogP contribution >= 0.6 is 63.7 Å². The third-order valence-corrected chi connectivity index (χ3v) is 9.45.